The molecule has 1 heterocycles. The number of carbonyl (C=O) groups excluding carboxylic acids is 1. The lowest BCUT2D eigenvalue weighted by Crippen LogP contribution is -2.33. The molecular weight excluding hydrogens is 386 g/mol. The van der Waals surface area contributed by atoms with Crippen molar-refractivity contribution < 1.29 is 26.7 Å². The van der Waals surface area contributed by atoms with E-state index in [1.807, 2.05) is 0 Å². The predicted octanol–water partition coefficient (Wildman–Crippen LogP) is 3.26. The third kappa shape index (κ3) is 3.43. The van der Waals surface area contributed by atoms with Crippen molar-refractivity contribution in [1.29, 1.82) is 0 Å². The number of anilines is 1. The maximum absolute atomic E-state index is 14.1. The van der Waals surface area contributed by atoms with Crippen LogP contribution in [0.25, 0.3) is 0 Å². The minimum Gasteiger partial charge on any atom is -0.462 e. The smallest absolute Gasteiger partial charge is 0.350 e. The van der Waals surface area contributed by atoms with E-state index in [2.05, 4.69) is 4.98 Å². The number of hydrogen-bond acceptors (Lipinski definition) is 6. The van der Waals surface area contributed by atoms with Crippen molar-refractivity contribution in [3.63, 3.8) is 0 Å². The van der Waals surface area contributed by atoms with Gasteiger partial charge in [-0.2, -0.15) is 0 Å². The molecule has 0 atom stereocenters. The molecular formula is C16H16F2N2O4S2. The molecule has 0 bridgehead atoms. The van der Waals surface area contributed by atoms with Crippen molar-refractivity contribution in [1.82, 2.24) is 4.98 Å². The molecule has 0 aliphatic heterocycles. The van der Waals surface area contributed by atoms with Crippen molar-refractivity contribution in [2.24, 2.45) is 0 Å². The second-order valence-corrected chi connectivity index (χ2v) is 8.50. The largest absolute Gasteiger partial charge is 0.462 e. The summed E-state index contributed by atoms with van der Waals surface area (Å²) < 4.78 is 59.4. The van der Waals surface area contributed by atoms with Gasteiger partial charge in [0.2, 0.25) is 5.13 Å². The van der Waals surface area contributed by atoms with Crippen LogP contribution in [-0.4, -0.2) is 32.0 Å². The van der Waals surface area contributed by atoms with Gasteiger partial charge in [-0.3, -0.25) is 0 Å². The maximum Gasteiger partial charge on any atom is 0.350 e. The molecule has 6 nitrogen and oxygen atoms in total. The number of nitrogens with zero attached hydrogens (tertiary/aromatic N) is 2. The molecule has 1 aliphatic rings. The highest BCUT2D eigenvalue weighted by Crippen LogP contribution is 2.40. The summed E-state index contributed by atoms with van der Waals surface area (Å²) >= 11 is 0.860. The third-order valence-corrected chi connectivity index (χ3v) is 6.85. The zero-order valence-electron chi connectivity index (χ0n) is 14.0. The fourth-order valence-corrected chi connectivity index (χ4v) is 5.39. The van der Waals surface area contributed by atoms with E-state index in [1.165, 1.54) is 0 Å². The van der Waals surface area contributed by atoms with Gasteiger partial charge in [0.15, 0.2) is 0 Å². The Labute approximate surface area is 153 Å². The molecule has 1 saturated carbocycles. The first-order chi connectivity index (χ1) is 12.3. The molecule has 1 aliphatic carbocycles. The number of hydrogen-bond donors (Lipinski definition) is 0. The zero-order chi connectivity index (χ0) is 19.1. The molecule has 1 fully saturated rings. The molecule has 0 radical (unpaired) electrons. The van der Waals surface area contributed by atoms with Gasteiger partial charge in [0, 0.05) is 6.04 Å². The van der Waals surface area contributed by atoms with Crippen LogP contribution in [-0.2, 0) is 14.8 Å². The molecule has 26 heavy (non-hydrogen) atoms. The normalized spacial score (nSPS) is 14.3. The first-order valence-corrected chi connectivity index (χ1v) is 10.2. The average Bonchev–Trinajstić information content (AvgIpc) is 3.31. The van der Waals surface area contributed by atoms with Gasteiger partial charge in [0.25, 0.3) is 10.0 Å². The first kappa shape index (κ1) is 18.7. The van der Waals surface area contributed by atoms with Crippen LogP contribution < -0.4 is 4.31 Å². The summed E-state index contributed by atoms with van der Waals surface area (Å²) in [5.41, 5.74) is 0.323. The Hall–Kier alpha value is -2.07. The zero-order valence-corrected chi connectivity index (χ0v) is 15.7. The third-order valence-electron chi connectivity index (χ3n) is 3.74. The lowest BCUT2D eigenvalue weighted by atomic mass is 10.3. The standard InChI is InChI=1S/C16H16F2N2O4S2/c1-3-24-15(21)14-9(2)19-16(25-14)20(11-5-6-11)26(22,23)13-8-10(17)4-7-12(13)18/h4,7-8,11H,3,5-6H2,1-2H3. The highest BCUT2D eigenvalue weighted by Gasteiger charge is 2.42. The fourth-order valence-electron chi connectivity index (χ4n) is 2.41. The Morgan fingerprint density at radius 2 is 2.08 bits per heavy atom. The Morgan fingerprint density at radius 3 is 2.69 bits per heavy atom. The first-order valence-electron chi connectivity index (χ1n) is 7.89. The van der Waals surface area contributed by atoms with E-state index in [9.17, 15) is 22.0 Å². The Balaban J connectivity index is 2.07. The molecule has 0 amide bonds. The monoisotopic (exact) mass is 402 g/mol. The molecule has 0 spiro atoms. The predicted molar refractivity (Wildman–Crippen MR) is 91.9 cm³/mol. The second kappa shape index (κ2) is 6.92. The van der Waals surface area contributed by atoms with Gasteiger partial charge >= 0.3 is 5.97 Å². The Morgan fingerprint density at radius 1 is 1.38 bits per heavy atom. The topological polar surface area (TPSA) is 76.6 Å². The van der Waals surface area contributed by atoms with Gasteiger partial charge in [0.05, 0.1) is 12.3 Å². The number of esters is 1. The van der Waals surface area contributed by atoms with E-state index in [-0.39, 0.29) is 16.6 Å². The summed E-state index contributed by atoms with van der Waals surface area (Å²) in [6.45, 7) is 3.39. The minimum absolute atomic E-state index is 0.0386. The summed E-state index contributed by atoms with van der Waals surface area (Å²) in [6, 6.07) is 1.86. The van der Waals surface area contributed by atoms with Gasteiger partial charge in [-0.25, -0.2) is 31.3 Å². The molecule has 3 rings (SSSR count). The molecule has 140 valence electrons. The second-order valence-electron chi connectivity index (χ2n) is 5.74. The van der Waals surface area contributed by atoms with Crippen LogP contribution in [0.3, 0.4) is 0 Å². The van der Waals surface area contributed by atoms with Crippen LogP contribution in [0.4, 0.5) is 13.9 Å². The summed E-state index contributed by atoms with van der Waals surface area (Å²) in [4.78, 5) is 15.6. The van der Waals surface area contributed by atoms with Crippen molar-refractivity contribution in [3.05, 3.63) is 40.4 Å². The Bertz CT molecular complexity index is 955. The number of halogens is 2. The molecule has 2 aromatic rings. The van der Waals surface area contributed by atoms with Crippen molar-refractivity contribution >= 4 is 32.5 Å². The molecule has 10 heteroatoms. The number of ether oxygens (including phenoxy) is 1. The van der Waals surface area contributed by atoms with Crippen molar-refractivity contribution in [2.75, 3.05) is 10.9 Å². The number of aromatic nitrogens is 1. The van der Waals surface area contributed by atoms with Gasteiger partial charge in [-0.1, -0.05) is 11.3 Å². The van der Waals surface area contributed by atoms with Crippen LogP contribution in [0, 0.1) is 18.6 Å². The molecule has 1 aromatic carbocycles. The number of sulfonamides is 1. The van der Waals surface area contributed by atoms with Gasteiger partial charge in [0.1, 0.15) is 21.4 Å². The van der Waals surface area contributed by atoms with Crippen LogP contribution in [0.2, 0.25) is 0 Å². The van der Waals surface area contributed by atoms with Gasteiger partial charge < -0.3 is 4.74 Å². The van der Waals surface area contributed by atoms with Crippen LogP contribution >= 0.6 is 11.3 Å². The van der Waals surface area contributed by atoms with Crippen LogP contribution in [0.15, 0.2) is 23.1 Å². The summed E-state index contributed by atoms with van der Waals surface area (Å²) in [6.07, 6.45) is 1.15. The number of aryl methyl sites for hydroxylation is 1. The van der Waals surface area contributed by atoms with Crippen molar-refractivity contribution in [3.8, 4) is 0 Å². The van der Waals surface area contributed by atoms with E-state index in [4.69, 9.17) is 4.74 Å². The van der Waals surface area contributed by atoms with E-state index in [0.29, 0.717) is 24.6 Å². The summed E-state index contributed by atoms with van der Waals surface area (Å²) in [7, 11) is -4.37. The van der Waals surface area contributed by atoms with E-state index >= 15 is 0 Å². The fraction of sp³-hybridized carbons (Fsp3) is 0.375. The number of rotatable bonds is 6. The lowest BCUT2D eigenvalue weighted by Gasteiger charge is -2.21. The van der Waals surface area contributed by atoms with E-state index < -0.39 is 38.6 Å². The van der Waals surface area contributed by atoms with Crippen LogP contribution in [0.1, 0.15) is 35.1 Å². The number of benzene rings is 1. The summed E-state index contributed by atoms with van der Waals surface area (Å²) in [5, 5.41) is 0.0386. The van der Waals surface area contributed by atoms with E-state index in [1.54, 1.807) is 13.8 Å². The molecule has 0 saturated heterocycles. The lowest BCUT2D eigenvalue weighted by molar-refractivity contribution is 0.0531. The van der Waals surface area contributed by atoms with Crippen LogP contribution in [0.5, 0.6) is 0 Å². The quantitative estimate of drug-likeness (QED) is 0.693. The van der Waals surface area contributed by atoms with Gasteiger partial charge in [-0.05, 0) is 44.9 Å². The summed E-state index contributed by atoms with van der Waals surface area (Å²) in [5.74, 6) is -2.50. The SMILES string of the molecule is CCOC(=O)c1sc(N(C2CC2)S(=O)(=O)c2cc(F)ccc2F)nc1C. The molecule has 0 N–H and O–H groups in total. The molecule has 1 aromatic heterocycles. The minimum atomic E-state index is -4.37. The number of thiazole rings is 1. The highest BCUT2D eigenvalue weighted by molar-refractivity contribution is 7.93. The van der Waals surface area contributed by atoms with Crippen molar-refractivity contribution in [2.45, 2.75) is 37.6 Å². The maximum atomic E-state index is 14.1. The highest BCUT2D eigenvalue weighted by atomic mass is 32.2. The number of carbonyl (C=O) groups is 1. The average molecular weight is 402 g/mol. The van der Waals surface area contributed by atoms with Gasteiger partial charge in [-0.15, -0.1) is 0 Å². The molecule has 0 unspecified atom stereocenters. The van der Waals surface area contributed by atoms with E-state index in [0.717, 1.165) is 27.8 Å². The Kier molecular flexibility index (Phi) is 4.98.